The third-order valence-corrected chi connectivity index (χ3v) is 4.80. The molecular weight excluding hydrogens is 380 g/mol. The van der Waals surface area contributed by atoms with Gasteiger partial charge in [0.15, 0.2) is 0 Å². The number of halogens is 1. The standard InChI is InChI=1S/C21H19ClN2O4/c22-14-4-6-15(7-5-14)24-21-18(20(26)23-12-17-2-1-9-27-17)10-13-3-8-16(25)11-19(13)28-21/h3-8,10-11,17,25H,1-2,9,12H2,(H,23,26)/t17-/m0/s1. The van der Waals surface area contributed by atoms with Crippen molar-refractivity contribution in [1.82, 2.24) is 5.32 Å². The van der Waals surface area contributed by atoms with Crippen LogP contribution in [0.5, 0.6) is 5.75 Å². The summed E-state index contributed by atoms with van der Waals surface area (Å²) in [6.45, 7) is 1.17. The molecule has 1 aliphatic heterocycles. The summed E-state index contributed by atoms with van der Waals surface area (Å²) in [5.41, 5.74) is 1.50. The summed E-state index contributed by atoms with van der Waals surface area (Å²) >= 11 is 5.93. The number of carbonyl (C=O) groups is 1. The van der Waals surface area contributed by atoms with Gasteiger partial charge in [0.05, 0.1) is 11.8 Å². The number of carbonyl (C=O) groups excluding carboxylic acids is 1. The van der Waals surface area contributed by atoms with E-state index in [0.29, 0.717) is 33.8 Å². The third-order valence-electron chi connectivity index (χ3n) is 4.55. The maximum absolute atomic E-state index is 12.8. The molecule has 1 atom stereocenters. The van der Waals surface area contributed by atoms with Crippen LogP contribution in [0.25, 0.3) is 11.0 Å². The molecule has 4 rings (SSSR count). The lowest BCUT2D eigenvalue weighted by Gasteiger charge is -2.11. The number of phenolic OH excluding ortho intramolecular Hbond substituents is 1. The highest BCUT2D eigenvalue weighted by molar-refractivity contribution is 6.30. The van der Waals surface area contributed by atoms with Gasteiger partial charge in [-0.05, 0) is 55.3 Å². The number of aromatic hydroxyl groups is 1. The SMILES string of the molecule is O=C(NC[C@@H]1CCCO1)c1cc2ccc(O)cc2oc1=Nc1ccc(Cl)cc1. The topological polar surface area (TPSA) is 84.1 Å². The summed E-state index contributed by atoms with van der Waals surface area (Å²) in [7, 11) is 0. The predicted molar refractivity (Wildman–Crippen MR) is 106 cm³/mol. The lowest BCUT2D eigenvalue weighted by atomic mass is 10.1. The molecule has 1 amide bonds. The lowest BCUT2D eigenvalue weighted by molar-refractivity contribution is 0.0854. The molecule has 1 fully saturated rings. The van der Waals surface area contributed by atoms with Crippen LogP contribution in [0.4, 0.5) is 5.69 Å². The fourth-order valence-electron chi connectivity index (χ4n) is 3.09. The molecular formula is C21H19ClN2O4. The van der Waals surface area contributed by atoms with Crippen molar-refractivity contribution in [3.8, 4) is 5.75 Å². The summed E-state index contributed by atoms with van der Waals surface area (Å²) < 4.78 is 11.4. The summed E-state index contributed by atoms with van der Waals surface area (Å²) in [4.78, 5) is 17.3. The molecule has 0 spiro atoms. The Bertz CT molecular complexity index is 1070. The molecule has 2 heterocycles. The monoisotopic (exact) mass is 398 g/mol. The zero-order valence-electron chi connectivity index (χ0n) is 15.0. The molecule has 0 bridgehead atoms. The van der Waals surface area contributed by atoms with Gasteiger partial charge in [-0.2, -0.15) is 0 Å². The summed E-state index contributed by atoms with van der Waals surface area (Å²) in [6, 6.07) is 13.3. The number of ether oxygens (including phenoxy) is 1. The first kappa shape index (κ1) is 18.5. The Morgan fingerprint density at radius 2 is 2.04 bits per heavy atom. The van der Waals surface area contributed by atoms with E-state index in [9.17, 15) is 9.90 Å². The van der Waals surface area contributed by atoms with E-state index in [1.165, 1.54) is 6.07 Å². The molecule has 2 N–H and O–H groups in total. The Morgan fingerprint density at radius 3 is 2.79 bits per heavy atom. The molecule has 28 heavy (non-hydrogen) atoms. The fraction of sp³-hybridized carbons (Fsp3) is 0.238. The summed E-state index contributed by atoms with van der Waals surface area (Å²) in [6.07, 6.45) is 1.98. The first-order valence-electron chi connectivity index (χ1n) is 9.05. The molecule has 2 aromatic carbocycles. The second-order valence-electron chi connectivity index (χ2n) is 6.62. The minimum Gasteiger partial charge on any atom is -0.508 e. The largest absolute Gasteiger partial charge is 0.508 e. The van der Waals surface area contributed by atoms with Crippen molar-refractivity contribution in [2.24, 2.45) is 4.99 Å². The normalized spacial score (nSPS) is 17.2. The number of nitrogens with one attached hydrogen (secondary N) is 1. The van der Waals surface area contributed by atoms with E-state index >= 15 is 0 Å². The Morgan fingerprint density at radius 1 is 1.21 bits per heavy atom. The smallest absolute Gasteiger partial charge is 0.256 e. The number of amides is 1. The summed E-state index contributed by atoms with van der Waals surface area (Å²) in [5.74, 6) is -0.216. The van der Waals surface area contributed by atoms with Crippen molar-refractivity contribution in [1.29, 1.82) is 0 Å². The van der Waals surface area contributed by atoms with E-state index in [1.807, 2.05) is 0 Å². The number of nitrogens with zero attached hydrogens (tertiary/aromatic N) is 1. The number of hydrogen-bond acceptors (Lipinski definition) is 5. The van der Waals surface area contributed by atoms with Crippen LogP contribution >= 0.6 is 11.6 Å². The van der Waals surface area contributed by atoms with Crippen LogP contribution < -0.4 is 10.9 Å². The van der Waals surface area contributed by atoms with Gasteiger partial charge >= 0.3 is 0 Å². The molecule has 6 nitrogen and oxygen atoms in total. The van der Waals surface area contributed by atoms with Gasteiger partial charge in [-0.15, -0.1) is 0 Å². The number of phenols is 1. The van der Waals surface area contributed by atoms with E-state index in [0.717, 1.165) is 19.4 Å². The molecule has 1 aromatic heterocycles. The van der Waals surface area contributed by atoms with Crippen LogP contribution in [-0.2, 0) is 4.74 Å². The minimum absolute atomic E-state index is 0.0370. The van der Waals surface area contributed by atoms with Crippen LogP contribution in [0, 0.1) is 0 Å². The van der Waals surface area contributed by atoms with Gasteiger partial charge in [0, 0.05) is 29.6 Å². The van der Waals surface area contributed by atoms with Crippen molar-refractivity contribution < 1.29 is 19.1 Å². The van der Waals surface area contributed by atoms with Gasteiger partial charge in [-0.1, -0.05) is 11.6 Å². The second kappa shape index (κ2) is 8.04. The molecule has 3 aromatic rings. The van der Waals surface area contributed by atoms with Gasteiger partial charge in [0.2, 0.25) is 5.55 Å². The first-order chi connectivity index (χ1) is 13.6. The third kappa shape index (κ3) is 4.18. The zero-order valence-corrected chi connectivity index (χ0v) is 15.8. The van der Waals surface area contributed by atoms with Crippen molar-refractivity contribution >= 4 is 34.2 Å². The Kier molecular flexibility index (Phi) is 5.32. The number of hydrogen-bond donors (Lipinski definition) is 2. The van der Waals surface area contributed by atoms with Crippen LogP contribution in [-0.4, -0.2) is 30.3 Å². The Balaban J connectivity index is 1.74. The van der Waals surface area contributed by atoms with E-state index in [1.54, 1.807) is 42.5 Å². The molecule has 144 valence electrons. The Labute approximate surface area is 166 Å². The summed E-state index contributed by atoms with van der Waals surface area (Å²) in [5, 5.41) is 13.9. The maximum atomic E-state index is 12.8. The van der Waals surface area contributed by atoms with Gasteiger partial charge in [-0.3, -0.25) is 4.79 Å². The van der Waals surface area contributed by atoms with E-state index < -0.39 is 0 Å². The molecule has 0 saturated carbocycles. The lowest BCUT2D eigenvalue weighted by Crippen LogP contribution is -2.34. The maximum Gasteiger partial charge on any atom is 0.256 e. The van der Waals surface area contributed by atoms with Crippen molar-refractivity contribution in [3.63, 3.8) is 0 Å². The fourth-order valence-corrected chi connectivity index (χ4v) is 3.22. The molecule has 1 saturated heterocycles. The van der Waals surface area contributed by atoms with Crippen molar-refractivity contribution in [2.45, 2.75) is 18.9 Å². The average molecular weight is 399 g/mol. The predicted octanol–water partition coefficient (Wildman–Crippen LogP) is 3.93. The Hall–Kier alpha value is -2.83. The average Bonchev–Trinajstić information content (AvgIpc) is 3.21. The highest BCUT2D eigenvalue weighted by Crippen LogP contribution is 2.21. The molecule has 0 unspecified atom stereocenters. The molecule has 1 aliphatic rings. The van der Waals surface area contributed by atoms with Gasteiger partial charge in [-0.25, -0.2) is 4.99 Å². The van der Waals surface area contributed by atoms with Crippen molar-refractivity contribution in [2.75, 3.05) is 13.2 Å². The highest BCUT2D eigenvalue weighted by atomic mass is 35.5. The zero-order chi connectivity index (χ0) is 19.5. The number of benzene rings is 2. The molecule has 0 aliphatic carbocycles. The number of fused-ring (bicyclic) bond motifs is 1. The quantitative estimate of drug-likeness (QED) is 0.697. The van der Waals surface area contributed by atoms with Crippen LogP contribution in [0.3, 0.4) is 0 Å². The van der Waals surface area contributed by atoms with Crippen LogP contribution in [0.1, 0.15) is 23.2 Å². The van der Waals surface area contributed by atoms with Gasteiger partial charge in [0.1, 0.15) is 16.9 Å². The van der Waals surface area contributed by atoms with Crippen LogP contribution in [0.2, 0.25) is 5.02 Å². The second-order valence-corrected chi connectivity index (χ2v) is 7.06. The minimum atomic E-state index is -0.290. The van der Waals surface area contributed by atoms with Crippen LogP contribution in [0.15, 0.2) is 57.9 Å². The van der Waals surface area contributed by atoms with E-state index in [-0.39, 0.29) is 23.3 Å². The van der Waals surface area contributed by atoms with E-state index in [4.69, 9.17) is 20.8 Å². The van der Waals surface area contributed by atoms with E-state index in [2.05, 4.69) is 10.3 Å². The highest BCUT2D eigenvalue weighted by Gasteiger charge is 2.18. The molecule has 0 radical (unpaired) electrons. The number of rotatable bonds is 4. The molecule has 7 heteroatoms. The van der Waals surface area contributed by atoms with Gasteiger partial charge < -0.3 is 19.6 Å². The first-order valence-corrected chi connectivity index (χ1v) is 9.43. The van der Waals surface area contributed by atoms with Gasteiger partial charge in [0.25, 0.3) is 5.91 Å². The van der Waals surface area contributed by atoms with Crippen molar-refractivity contribution in [3.05, 3.63) is 64.7 Å².